The van der Waals surface area contributed by atoms with E-state index in [1.165, 1.54) is 37.7 Å². The first-order valence-corrected chi connectivity index (χ1v) is 15.2. The molecule has 0 aromatic heterocycles. The Labute approximate surface area is 230 Å². The summed E-state index contributed by atoms with van der Waals surface area (Å²) < 4.78 is 0. The molecule has 0 fully saturated rings. The molecule has 0 amide bonds. The van der Waals surface area contributed by atoms with Crippen molar-refractivity contribution in [2.75, 3.05) is 6.54 Å². The van der Waals surface area contributed by atoms with Gasteiger partial charge in [0.1, 0.15) is 0 Å². The van der Waals surface area contributed by atoms with E-state index >= 15 is 0 Å². The molecule has 0 aromatic carbocycles. The lowest BCUT2D eigenvalue weighted by molar-refractivity contribution is 0.309. The van der Waals surface area contributed by atoms with Crippen LogP contribution in [0, 0.1) is 47.9 Å². The molecule has 0 aliphatic rings. The Hall–Kier alpha value is -1.51. The van der Waals surface area contributed by atoms with Crippen molar-refractivity contribution < 1.29 is 0 Å². The number of thioether (sulfide) groups is 1. The van der Waals surface area contributed by atoms with E-state index in [0.29, 0.717) is 28.3 Å². The number of hydrogen-bond donors (Lipinski definition) is 1. The summed E-state index contributed by atoms with van der Waals surface area (Å²) in [6, 6.07) is 0. The van der Waals surface area contributed by atoms with E-state index in [1.807, 2.05) is 0 Å². The van der Waals surface area contributed by atoms with Crippen molar-refractivity contribution in [3.8, 4) is 24.7 Å². The molecule has 0 saturated heterocycles. The fourth-order valence-electron chi connectivity index (χ4n) is 4.94. The smallest absolute Gasteiger partial charge is 0.0321 e. The van der Waals surface area contributed by atoms with E-state index < -0.39 is 0 Å². The van der Waals surface area contributed by atoms with Gasteiger partial charge in [-0.25, -0.2) is 0 Å². The normalized spacial score (nSPS) is 17.1. The number of hydrogen-bond acceptors (Lipinski definition) is 2. The largest absolute Gasteiger partial charge is 0.391 e. The van der Waals surface area contributed by atoms with Crippen LogP contribution < -0.4 is 5.32 Å². The van der Waals surface area contributed by atoms with Gasteiger partial charge in [0.25, 0.3) is 0 Å². The molecule has 0 bridgehead atoms. The van der Waals surface area contributed by atoms with Gasteiger partial charge in [-0.05, 0) is 94.7 Å². The maximum absolute atomic E-state index is 6.00. The third-order valence-corrected chi connectivity index (χ3v) is 8.51. The first kappa shape index (κ1) is 34.5. The minimum absolute atomic E-state index is 0.0739. The van der Waals surface area contributed by atoms with Gasteiger partial charge >= 0.3 is 0 Å². The molecule has 5 unspecified atom stereocenters. The molecule has 1 N–H and O–H groups in total. The van der Waals surface area contributed by atoms with Crippen LogP contribution in [-0.2, 0) is 0 Å². The Kier molecular flexibility index (Phi) is 18.8. The Balaban J connectivity index is 4.51. The van der Waals surface area contributed by atoms with E-state index in [9.17, 15) is 0 Å². The van der Waals surface area contributed by atoms with Crippen LogP contribution in [0.1, 0.15) is 113 Å². The summed E-state index contributed by atoms with van der Waals surface area (Å²) in [5.41, 5.74) is 2.20. The summed E-state index contributed by atoms with van der Waals surface area (Å²) in [5.74, 6) is 7.53. The highest BCUT2D eigenvalue weighted by Crippen LogP contribution is 2.33. The summed E-state index contributed by atoms with van der Waals surface area (Å²) >= 11 is 2.11. The van der Waals surface area contributed by atoms with Crippen molar-refractivity contribution in [3.05, 3.63) is 36.1 Å². The van der Waals surface area contributed by atoms with Crippen molar-refractivity contribution in [2.45, 2.75) is 124 Å². The topological polar surface area (TPSA) is 12.0 Å². The lowest BCUT2D eigenvalue weighted by Gasteiger charge is -2.26. The molecule has 36 heavy (non-hydrogen) atoms. The molecule has 204 valence electrons. The van der Waals surface area contributed by atoms with Gasteiger partial charge in [-0.15, -0.1) is 12.8 Å². The second-order valence-electron chi connectivity index (χ2n) is 11.6. The summed E-state index contributed by atoms with van der Waals surface area (Å²) in [6.07, 6.45) is 28.6. The predicted octanol–water partition coefficient (Wildman–Crippen LogP) is 9.81. The average molecular weight is 512 g/mol. The maximum Gasteiger partial charge on any atom is 0.0321 e. The number of terminal acetylenes is 2. The SMILES string of the molecule is C#CC(=C)C(C)C(CCCN/C=C(\C)CC(C)(C#C)CCCC(C)SC(C)CC=CCC)CC(C)C. The molecule has 5 atom stereocenters. The van der Waals surface area contributed by atoms with E-state index in [4.69, 9.17) is 12.8 Å². The molecule has 0 spiro atoms. The third kappa shape index (κ3) is 16.3. The summed E-state index contributed by atoms with van der Waals surface area (Å²) in [6.45, 7) is 23.2. The minimum atomic E-state index is -0.0739. The number of nitrogens with one attached hydrogen (secondary N) is 1. The zero-order valence-corrected chi connectivity index (χ0v) is 25.8. The highest BCUT2D eigenvalue weighted by Gasteiger charge is 2.22. The van der Waals surface area contributed by atoms with Crippen LogP contribution in [0.15, 0.2) is 36.1 Å². The van der Waals surface area contributed by atoms with Gasteiger partial charge in [0, 0.05) is 22.5 Å². The van der Waals surface area contributed by atoms with Crippen molar-refractivity contribution in [1.82, 2.24) is 5.32 Å². The van der Waals surface area contributed by atoms with Crippen molar-refractivity contribution in [1.29, 1.82) is 0 Å². The predicted molar refractivity (Wildman–Crippen MR) is 167 cm³/mol. The fraction of sp³-hybridized carbons (Fsp3) is 0.706. The molecule has 0 aliphatic carbocycles. The second-order valence-corrected chi connectivity index (χ2v) is 13.5. The molecule has 2 heteroatoms. The summed E-state index contributed by atoms with van der Waals surface area (Å²) in [4.78, 5) is 0. The third-order valence-electron chi connectivity index (χ3n) is 7.15. The first-order chi connectivity index (χ1) is 17.0. The minimum Gasteiger partial charge on any atom is -0.391 e. The van der Waals surface area contributed by atoms with Crippen LogP contribution in [-0.4, -0.2) is 17.0 Å². The van der Waals surface area contributed by atoms with Gasteiger partial charge < -0.3 is 5.32 Å². The zero-order valence-electron chi connectivity index (χ0n) is 25.0. The fourth-order valence-corrected chi connectivity index (χ4v) is 6.26. The van der Waals surface area contributed by atoms with E-state index in [0.717, 1.165) is 37.8 Å². The van der Waals surface area contributed by atoms with E-state index in [1.54, 1.807) is 0 Å². The second kappa shape index (κ2) is 19.6. The first-order valence-electron chi connectivity index (χ1n) is 14.3. The highest BCUT2D eigenvalue weighted by atomic mass is 32.2. The summed E-state index contributed by atoms with van der Waals surface area (Å²) in [5, 5.41) is 4.89. The lowest BCUT2D eigenvalue weighted by atomic mass is 9.80. The van der Waals surface area contributed by atoms with Crippen LogP contribution in [0.3, 0.4) is 0 Å². The average Bonchev–Trinajstić information content (AvgIpc) is 2.81. The van der Waals surface area contributed by atoms with Crippen LogP contribution >= 0.6 is 11.8 Å². The Morgan fingerprint density at radius 3 is 2.33 bits per heavy atom. The zero-order chi connectivity index (χ0) is 27.6. The van der Waals surface area contributed by atoms with E-state index in [2.05, 4.69) is 109 Å². The van der Waals surface area contributed by atoms with Gasteiger partial charge in [-0.2, -0.15) is 11.8 Å². The Morgan fingerprint density at radius 1 is 1.06 bits per heavy atom. The standard InChI is InChI=1S/C34H57NS/c1-12-15-16-19-30(8)36-31(9)20-17-22-34(11,14-3)25-28(6)26-35-23-18-21-33(24-27(4)5)32(10)29(7)13-2/h2-3,15-16,26-27,30-33,35H,7,12,17-25H2,1,4-6,8-11H3/b16-15?,28-26+. The molecule has 0 aromatic rings. The number of allylic oxidation sites excluding steroid dienone is 4. The molecule has 0 heterocycles. The lowest BCUT2D eigenvalue weighted by Crippen LogP contribution is -2.19. The summed E-state index contributed by atoms with van der Waals surface area (Å²) in [7, 11) is 0. The van der Waals surface area contributed by atoms with Gasteiger partial charge in [-0.1, -0.05) is 84.1 Å². The Morgan fingerprint density at radius 2 is 1.75 bits per heavy atom. The molecular weight excluding hydrogens is 454 g/mol. The van der Waals surface area contributed by atoms with E-state index in [-0.39, 0.29) is 5.41 Å². The molecule has 0 rings (SSSR count). The van der Waals surface area contributed by atoms with Gasteiger partial charge in [-0.3, -0.25) is 0 Å². The van der Waals surface area contributed by atoms with Crippen LogP contribution in [0.25, 0.3) is 0 Å². The quantitative estimate of drug-likeness (QED) is 0.0991. The molecule has 0 aliphatic heterocycles. The van der Waals surface area contributed by atoms with Crippen LogP contribution in [0.5, 0.6) is 0 Å². The molecular formula is C34H57NS. The van der Waals surface area contributed by atoms with Gasteiger partial charge in [0.2, 0.25) is 0 Å². The van der Waals surface area contributed by atoms with Crippen molar-refractivity contribution >= 4 is 11.8 Å². The van der Waals surface area contributed by atoms with Crippen molar-refractivity contribution in [2.24, 2.45) is 23.2 Å². The van der Waals surface area contributed by atoms with Crippen LogP contribution in [0.4, 0.5) is 0 Å². The monoisotopic (exact) mass is 511 g/mol. The molecule has 1 nitrogen and oxygen atoms in total. The molecule has 0 saturated carbocycles. The number of rotatable bonds is 20. The van der Waals surface area contributed by atoms with Gasteiger partial charge in [0.15, 0.2) is 0 Å². The van der Waals surface area contributed by atoms with Gasteiger partial charge in [0.05, 0.1) is 0 Å². The van der Waals surface area contributed by atoms with Crippen molar-refractivity contribution in [3.63, 3.8) is 0 Å². The van der Waals surface area contributed by atoms with Crippen LogP contribution in [0.2, 0.25) is 0 Å². The highest BCUT2D eigenvalue weighted by molar-refractivity contribution is 8.00. The Bertz CT molecular complexity index is 746. The molecule has 0 radical (unpaired) electrons. The maximum atomic E-state index is 6.00.